The van der Waals surface area contributed by atoms with Gasteiger partial charge >= 0.3 is 34.7 Å². The Morgan fingerprint density at radius 2 is 2.23 bits per heavy atom. The van der Waals surface area contributed by atoms with E-state index in [4.69, 9.17) is 11.6 Å². The third kappa shape index (κ3) is 2.61. The molecule has 2 aromatic heterocycles. The second kappa shape index (κ2) is 5.23. The predicted molar refractivity (Wildman–Crippen MR) is 54.1 cm³/mol. The molecular weight excluding hydrogens is 484 g/mol. The van der Waals surface area contributed by atoms with Crippen molar-refractivity contribution in [1.82, 2.24) is 9.97 Å². The molecule has 0 aromatic carbocycles. The van der Waals surface area contributed by atoms with Gasteiger partial charge in [-0.05, 0) is 17.1 Å². The molecular formula is C7H3ClFIN2Os-. The van der Waals surface area contributed by atoms with E-state index in [-0.39, 0.29) is 5.02 Å². The van der Waals surface area contributed by atoms with Gasteiger partial charge in [0.25, 0.3) is 0 Å². The number of rotatable bonds is 0. The zero-order valence-electron chi connectivity index (χ0n) is 6.11. The first-order valence-corrected chi connectivity index (χ1v) is 10.7. The molecule has 0 amide bonds. The van der Waals surface area contributed by atoms with Crippen LogP contribution in [0.25, 0.3) is 11.0 Å². The Hall–Kier alpha value is 0.276. The standard InChI is InChI=1S/C7H3ClFN2.HI.Os/c8-5-3-4-1-2-10-7(4)11-6(5)9;;/h1-3H;1H;/q-1;;+1/p-1. The summed E-state index contributed by atoms with van der Waals surface area (Å²) in [5.41, 5.74) is 0.395. The zero-order chi connectivity index (χ0) is 9.84. The molecule has 0 aliphatic heterocycles. The molecule has 0 unspecified atom stereocenters. The Balaban J connectivity index is 0.000000396. The van der Waals surface area contributed by atoms with Gasteiger partial charge < -0.3 is 9.97 Å². The number of pyridine rings is 1. The topological polar surface area (TPSA) is 27.0 Å². The van der Waals surface area contributed by atoms with Crippen molar-refractivity contribution in [3.63, 3.8) is 0 Å². The van der Waals surface area contributed by atoms with Crippen LogP contribution >= 0.6 is 31.3 Å². The van der Waals surface area contributed by atoms with Crippen molar-refractivity contribution in [3.05, 3.63) is 29.3 Å². The van der Waals surface area contributed by atoms with Crippen LogP contribution in [0.5, 0.6) is 0 Å². The quantitative estimate of drug-likeness (QED) is 0.423. The molecule has 0 spiro atoms. The normalized spacial score (nSPS) is 9.54. The monoisotopic (exact) mass is 488 g/mol. The summed E-state index contributed by atoms with van der Waals surface area (Å²) in [6.45, 7) is 0. The van der Waals surface area contributed by atoms with E-state index in [1.54, 1.807) is 12.3 Å². The van der Waals surface area contributed by atoms with Crippen LogP contribution in [0.2, 0.25) is 5.02 Å². The van der Waals surface area contributed by atoms with Crippen LogP contribution in [0.3, 0.4) is 0 Å². The maximum absolute atomic E-state index is 12.6. The van der Waals surface area contributed by atoms with Gasteiger partial charge in [-0.25, -0.2) is 4.39 Å². The van der Waals surface area contributed by atoms with Gasteiger partial charge in [-0.3, -0.25) is 0 Å². The number of fused-ring (bicyclic) bond motifs is 1. The van der Waals surface area contributed by atoms with Crippen LogP contribution in [-0.4, -0.2) is 4.98 Å². The summed E-state index contributed by atoms with van der Waals surface area (Å²) in [5, 5.41) is 0.793. The third-order valence-corrected chi connectivity index (χ3v) is 1.66. The number of nitrogens with zero attached hydrogens (tertiary/aromatic N) is 2. The average Bonchev–Trinajstić information content (AvgIpc) is 2.56. The van der Waals surface area contributed by atoms with Crippen molar-refractivity contribution in [1.29, 1.82) is 0 Å². The summed E-state index contributed by atoms with van der Waals surface area (Å²) in [6.07, 6.45) is 1.56. The van der Waals surface area contributed by atoms with Gasteiger partial charge in [0, 0.05) is 0 Å². The molecule has 71 valence electrons. The van der Waals surface area contributed by atoms with E-state index in [0.717, 1.165) is 5.39 Å². The van der Waals surface area contributed by atoms with E-state index < -0.39 is 5.95 Å². The zero-order valence-corrected chi connectivity index (χ0v) is 11.6. The molecule has 0 fully saturated rings. The number of aromatic nitrogens is 2. The van der Waals surface area contributed by atoms with Crippen LogP contribution in [0, 0.1) is 5.95 Å². The molecule has 2 heterocycles. The molecule has 0 bridgehead atoms. The third-order valence-electron chi connectivity index (χ3n) is 1.39. The molecule has 0 saturated carbocycles. The fraction of sp³-hybridized carbons (Fsp3) is 0. The van der Waals surface area contributed by atoms with E-state index in [1.807, 2.05) is 15.1 Å². The van der Waals surface area contributed by atoms with Crippen LogP contribution in [-0.2, 0) is 15.1 Å². The molecule has 2 nitrogen and oxygen atoms in total. The molecule has 0 aliphatic carbocycles. The SMILES string of the molecule is Fc1nc2[n-]ccc2cc1Cl.[I][Os]. The van der Waals surface area contributed by atoms with Gasteiger partial charge in [0.05, 0.1) is 5.02 Å². The molecule has 0 aliphatic rings. The summed E-state index contributed by atoms with van der Waals surface area (Å²) in [6, 6.07) is 3.24. The number of halogens is 3. The Morgan fingerprint density at radius 1 is 1.54 bits per heavy atom. The summed E-state index contributed by atoms with van der Waals surface area (Å²) in [7, 11) is 0. The molecule has 0 radical (unpaired) electrons. The molecule has 0 saturated heterocycles. The van der Waals surface area contributed by atoms with Gasteiger partial charge in [-0.15, -0.1) is 0 Å². The minimum absolute atomic E-state index is 0.0329. The first-order chi connectivity index (χ1) is 6.27. The Labute approximate surface area is 100 Å². The fourth-order valence-electron chi connectivity index (χ4n) is 0.886. The van der Waals surface area contributed by atoms with Gasteiger partial charge in [-0.2, -0.15) is 0 Å². The molecule has 2 aromatic rings. The minimum atomic E-state index is -0.669. The first-order valence-electron chi connectivity index (χ1n) is 3.14. The Kier molecular flexibility index (Phi) is 4.57. The van der Waals surface area contributed by atoms with Crippen molar-refractivity contribution >= 4 is 42.3 Å². The van der Waals surface area contributed by atoms with Crippen molar-refractivity contribution < 1.29 is 19.4 Å². The van der Waals surface area contributed by atoms with Crippen molar-refractivity contribution in [2.75, 3.05) is 0 Å². The van der Waals surface area contributed by atoms with Crippen molar-refractivity contribution in [2.24, 2.45) is 0 Å². The second-order valence-electron chi connectivity index (χ2n) is 2.12. The Morgan fingerprint density at radius 3 is 2.92 bits per heavy atom. The molecule has 0 N–H and O–H groups in total. The maximum atomic E-state index is 12.6. The van der Waals surface area contributed by atoms with Crippen LogP contribution in [0.1, 0.15) is 0 Å². The van der Waals surface area contributed by atoms with E-state index in [2.05, 4.69) is 29.6 Å². The van der Waals surface area contributed by atoms with Crippen molar-refractivity contribution in [2.45, 2.75) is 0 Å². The van der Waals surface area contributed by atoms with Crippen LogP contribution in [0.15, 0.2) is 18.3 Å². The summed E-state index contributed by atoms with van der Waals surface area (Å²) < 4.78 is 12.6. The number of hydrogen-bond acceptors (Lipinski definition) is 1. The van der Waals surface area contributed by atoms with Crippen LogP contribution < -0.4 is 4.98 Å². The summed E-state index contributed by atoms with van der Waals surface area (Å²) in [4.78, 5) is 7.34. The predicted octanol–water partition coefficient (Wildman–Crippen LogP) is 2.87. The molecule has 0 atom stereocenters. The summed E-state index contributed by atoms with van der Waals surface area (Å²) in [5.74, 6) is -0.669. The van der Waals surface area contributed by atoms with Crippen molar-refractivity contribution in [3.8, 4) is 0 Å². The molecule has 13 heavy (non-hydrogen) atoms. The van der Waals surface area contributed by atoms with Gasteiger partial charge in [-0.1, -0.05) is 23.9 Å². The fourth-order valence-corrected chi connectivity index (χ4v) is 1.05. The second-order valence-corrected chi connectivity index (χ2v) is 2.53. The average molecular weight is 487 g/mol. The van der Waals surface area contributed by atoms with Crippen LogP contribution in [0.4, 0.5) is 4.39 Å². The number of hydrogen-bond donors (Lipinski definition) is 0. The van der Waals surface area contributed by atoms with E-state index in [9.17, 15) is 4.39 Å². The molecule has 2 rings (SSSR count). The summed E-state index contributed by atoms with van der Waals surface area (Å²) >= 11 is 9.49. The van der Waals surface area contributed by atoms with Gasteiger partial charge in [0.1, 0.15) is 5.95 Å². The van der Waals surface area contributed by atoms with Gasteiger partial charge in [0.2, 0.25) is 0 Å². The Bertz CT molecular complexity index is 370. The van der Waals surface area contributed by atoms with E-state index in [0.29, 0.717) is 5.65 Å². The van der Waals surface area contributed by atoms with E-state index in [1.165, 1.54) is 6.07 Å². The first kappa shape index (κ1) is 11.4. The van der Waals surface area contributed by atoms with Gasteiger partial charge in [0.15, 0.2) is 0 Å². The van der Waals surface area contributed by atoms with E-state index >= 15 is 0 Å². The molecule has 6 heteroatoms.